The van der Waals surface area contributed by atoms with E-state index in [2.05, 4.69) is 24.1 Å². The van der Waals surface area contributed by atoms with Crippen LogP contribution in [-0.4, -0.2) is 47.5 Å². The maximum atomic E-state index is 12.6. The molecule has 1 N–H and O–H groups in total. The van der Waals surface area contributed by atoms with E-state index in [-0.39, 0.29) is 11.6 Å². The maximum Gasteiger partial charge on any atom is 0.321 e. The first-order valence-corrected chi connectivity index (χ1v) is 8.95. The Labute approximate surface area is 139 Å². The molecule has 2 aliphatic rings. The number of carbonyl (C=O) groups excluding carboxylic acids is 1. The van der Waals surface area contributed by atoms with Crippen molar-refractivity contribution in [1.29, 1.82) is 0 Å². The SMILES string of the molecule is CC(C)CN1CCCC12CCCN(C(=O)Nc1ccccc1)C2. The Morgan fingerprint density at radius 3 is 2.57 bits per heavy atom. The van der Waals surface area contributed by atoms with Gasteiger partial charge in [-0.25, -0.2) is 4.79 Å². The van der Waals surface area contributed by atoms with E-state index in [9.17, 15) is 4.79 Å². The maximum absolute atomic E-state index is 12.6. The van der Waals surface area contributed by atoms with E-state index in [0.29, 0.717) is 5.92 Å². The van der Waals surface area contributed by atoms with Gasteiger partial charge in [0.05, 0.1) is 0 Å². The molecule has 1 unspecified atom stereocenters. The number of hydrogen-bond acceptors (Lipinski definition) is 2. The highest BCUT2D eigenvalue weighted by atomic mass is 16.2. The van der Waals surface area contributed by atoms with Crippen LogP contribution in [-0.2, 0) is 0 Å². The van der Waals surface area contributed by atoms with Gasteiger partial charge in [0.25, 0.3) is 0 Å². The number of hydrogen-bond donors (Lipinski definition) is 1. The molecule has 1 atom stereocenters. The number of urea groups is 1. The van der Waals surface area contributed by atoms with Gasteiger partial charge in [-0.3, -0.25) is 4.90 Å². The van der Waals surface area contributed by atoms with Crippen molar-refractivity contribution < 1.29 is 4.79 Å². The number of carbonyl (C=O) groups is 1. The first-order valence-electron chi connectivity index (χ1n) is 8.95. The molecule has 4 heteroatoms. The van der Waals surface area contributed by atoms with Crippen molar-refractivity contribution in [3.8, 4) is 0 Å². The molecule has 1 aromatic rings. The van der Waals surface area contributed by atoms with Crippen LogP contribution in [0.4, 0.5) is 10.5 Å². The summed E-state index contributed by atoms with van der Waals surface area (Å²) in [4.78, 5) is 17.3. The number of nitrogens with zero attached hydrogens (tertiary/aromatic N) is 2. The molecule has 126 valence electrons. The molecule has 23 heavy (non-hydrogen) atoms. The van der Waals surface area contributed by atoms with Gasteiger partial charge >= 0.3 is 6.03 Å². The van der Waals surface area contributed by atoms with E-state index in [1.807, 2.05) is 35.2 Å². The Morgan fingerprint density at radius 2 is 1.87 bits per heavy atom. The van der Waals surface area contributed by atoms with Crippen LogP contribution in [0.15, 0.2) is 30.3 Å². The number of para-hydroxylation sites is 1. The van der Waals surface area contributed by atoms with Gasteiger partial charge in [0, 0.05) is 30.9 Å². The minimum atomic E-state index is 0.0478. The zero-order valence-corrected chi connectivity index (χ0v) is 14.4. The summed E-state index contributed by atoms with van der Waals surface area (Å²) in [6.45, 7) is 8.65. The van der Waals surface area contributed by atoms with Gasteiger partial charge in [0.1, 0.15) is 0 Å². The summed E-state index contributed by atoms with van der Waals surface area (Å²) in [5, 5.41) is 3.04. The van der Waals surface area contributed by atoms with Crippen LogP contribution in [0.5, 0.6) is 0 Å². The van der Waals surface area contributed by atoms with Crippen molar-refractivity contribution in [3.63, 3.8) is 0 Å². The molecule has 2 amide bonds. The molecule has 0 bridgehead atoms. The lowest BCUT2D eigenvalue weighted by molar-refractivity contribution is 0.0510. The minimum Gasteiger partial charge on any atom is -0.323 e. The molecule has 2 aliphatic heterocycles. The van der Waals surface area contributed by atoms with Crippen molar-refractivity contribution in [2.75, 3.05) is 31.5 Å². The summed E-state index contributed by atoms with van der Waals surface area (Å²) in [5.74, 6) is 0.679. The molecule has 2 saturated heterocycles. The van der Waals surface area contributed by atoms with Gasteiger partial charge in [-0.1, -0.05) is 32.0 Å². The van der Waals surface area contributed by atoms with E-state index in [1.54, 1.807) is 0 Å². The van der Waals surface area contributed by atoms with Crippen molar-refractivity contribution in [1.82, 2.24) is 9.80 Å². The molecule has 1 aromatic carbocycles. The van der Waals surface area contributed by atoms with Crippen molar-refractivity contribution >= 4 is 11.7 Å². The Hall–Kier alpha value is -1.55. The zero-order valence-electron chi connectivity index (χ0n) is 14.4. The largest absolute Gasteiger partial charge is 0.323 e. The summed E-state index contributed by atoms with van der Waals surface area (Å²) < 4.78 is 0. The monoisotopic (exact) mass is 315 g/mol. The first-order chi connectivity index (χ1) is 11.1. The van der Waals surface area contributed by atoms with Crippen LogP contribution in [0.3, 0.4) is 0 Å². The molecule has 0 aromatic heterocycles. The van der Waals surface area contributed by atoms with Gasteiger partial charge in [-0.2, -0.15) is 0 Å². The number of anilines is 1. The Balaban J connectivity index is 1.66. The van der Waals surface area contributed by atoms with Gasteiger partial charge in [-0.15, -0.1) is 0 Å². The standard InChI is InChI=1S/C19H29N3O/c1-16(2)14-22-13-7-11-19(22)10-6-12-21(15-19)18(23)20-17-8-4-3-5-9-17/h3-5,8-9,16H,6-7,10-15H2,1-2H3,(H,20,23). The molecule has 3 rings (SSSR count). The van der Waals surface area contributed by atoms with Crippen LogP contribution in [0.2, 0.25) is 0 Å². The molecule has 0 aliphatic carbocycles. The van der Waals surface area contributed by atoms with Crippen LogP contribution >= 0.6 is 0 Å². The van der Waals surface area contributed by atoms with E-state index >= 15 is 0 Å². The molecule has 4 nitrogen and oxygen atoms in total. The second kappa shape index (κ2) is 6.91. The number of piperidine rings is 1. The predicted molar refractivity (Wildman–Crippen MR) is 94.6 cm³/mol. The molecule has 0 radical (unpaired) electrons. The summed E-state index contributed by atoms with van der Waals surface area (Å²) in [6.07, 6.45) is 4.83. The summed E-state index contributed by atoms with van der Waals surface area (Å²) in [6, 6.07) is 9.81. The fourth-order valence-electron chi connectivity index (χ4n) is 4.19. The number of benzene rings is 1. The third-order valence-electron chi connectivity index (χ3n) is 5.19. The summed E-state index contributed by atoms with van der Waals surface area (Å²) in [5.41, 5.74) is 1.10. The van der Waals surface area contributed by atoms with E-state index in [1.165, 1.54) is 25.8 Å². The van der Waals surface area contributed by atoms with Crippen LogP contribution in [0.1, 0.15) is 39.5 Å². The highest BCUT2D eigenvalue weighted by Gasteiger charge is 2.44. The number of likely N-dealkylation sites (tertiary alicyclic amines) is 2. The second-order valence-electron chi connectivity index (χ2n) is 7.49. The number of rotatable bonds is 3. The fraction of sp³-hybridized carbons (Fsp3) is 0.632. The summed E-state index contributed by atoms with van der Waals surface area (Å²) in [7, 11) is 0. The third kappa shape index (κ3) is 3.69. The zero-order chi connectivity index (χ0) is 16.3. The lowest BCUT2D eigenvalue weighted by Gasteiger charge is -2.46. The highest BCUT2D eigenvalue weighted by Crippen LogP contribution is 2.37. The average Bonchev–Trinajstić information content (AvgIpc) is 2.89. The topological polar surface area (TPSA) is 35.6 Å². The number of amides is 2. The Kier molecular flexibility index (Phi) is 4.90. The van der Waals surface area contributed by atoms with Gasteiger partial charge in [-0.05, 0) is 50.3 Å². The predicted octanol–water partition coefficient (Wildman–Crippen LogP) is 3.80. The highest BCUT2D eigenvalue weighted by molar-refractivity contribution is 5.89. The minimum absolute atomic E-state index is 0.0478. The normalized spacial score (nSPS) is 25.3. The Morgan fingerprint density at radius 1 is 1.17 bits per heavy atom. The Bertz CT molecular complexity index is 531. The second-order valence-corrected chi connectivity index (χ2v) is 7.49. The number of nitrogens with one attached hydrogen (secondary N) is 1. The van der Waals surface area contributed by atoms with E-state index in [4.69, 9.17) is 0 Å². The van der Waals surface area contributed by atoms with E-state index in [0.717, 1.165) is 31.7 Å². The van der Waals surface area contributed by atoms with Crippen molar-refractivity contribution in [2.45, 2.75) is 45.1 Å². The van der Waals surface area contributed by atoms with Crippen molar-refractivity contribution in [2.24, 2.45) is 5.92 Å². The van der Waals surface area contributed by atoms with Crippen LogP contribution in [0.25, 0.3) is 0 Å². The first kappa shape index (κ1) is 16.3. The molecule has 2 heterocycles. The van der Waals surface area contributed by atoms with E-state index < -0.39 is 0 Å². The molecule has 2 fully saturated rings. The third-order valence-corrected chi connectivity index (χ3v) is 5.19. The van der Waals surface area contributed by atoms with Gasteiger partial charge in [0.2, 0.25) is 0 Å². The van der Waals surface area contributed by atoms with Crippen molar-refractivity contribution in [3.05, 3.63) is 30.3 Å². The fourth-order valence-corrected chi connectivity index (χ4v) is 4.19. The van der Waals surface area contributed by atoms with Gasteiger partial charge < -0.3 is 10.2 Å². The molecular weight excluding hydrogens is 286 g/mol. The quantitative estimate of drug-likeness (QED) is 0.921. The molecule has 0 saturated carbocycles. The van der Waals surface area contributed by atoms with Gasteiger partial charge in [0.15, 0.2) is 0 Å². The lowest BCUT2D eigenvalue weighted by Crippen LogP contribution is -2.58. The van der Waals surface area contributed by atoms with Crippen LogP contribution in [0, 0.1) is 5.92 Å². The molecular formula is C19H29N3O. The van der Waals surface area contributed by atoms with Crippen LogP contribution < -0.4 is 5.32 Å². The smallest absolute Gasteiger partial charge is 0.321 e. The lowest BCUT2D eigenvalue weighted by atomic mass is 9.86. The average molecular weight is 315 g/mol. The summed E-state index contributed by atoms with van der Waals surface area (Å²) >= 11 is 0. The molecule has 1 spiro atoms.